The Labute approximate surface area is 91.0 Å². The molecule has 1 aromatic carbocycles. The molecule has 0 heterocycles. The van der Waals surface area contributed by atoms with Crippen LogP contribution in [0, 0.1) is 17.1 Å². The number of carbonyl (C=O) groups is 1. The summed E-state index contributed by atoms with van der Waals surface area (Å²) in [5.74, 6) is -1.54. The fourth-order valence-corrected chi connectivity index (χ4v) is 1.29. The molecular formula is C10H7ClFNO2. The van der Waals surface area contributed by atoms with Gasteiger partial charge in [0.05, 0.1) is 22.8 Å². The summed E-state index contributed by atoms with van der Waals surface area (Å²) in [5.41, 5.74) is -0.221. The van der Waals surface area contributed by atoms with E-state index in [1.807, 2.05) is 0 Å². The summed E-state index contributed by atoms with van der Waals surface area (Å²) in [6.45, 7) is 1.74. The zero-order valence-corrected chi connectivity index (χ0v) is 8.64. The van der Waals surface area contributed by atoms with E-state index in [4.69, 9.17) is 16.9 Å². The lowest BCUT2D eigenvalue weighted by molar-refractivity contribution is 0.0525. The SMILES string of the molecule is CCOC(=O)c1c(C#N)ccc(F)c1Cl. The van der Waals surface area contributed by atoms with E-state index in [2.05, 4.69) is 4.74 Å². The minimum absolute atomic E-state index is 0.000139. The van der Waals surface area contributed by atoms with Gasteiger partial charge in [0.1, 0.15) is 11.9 Å². The quantitative estimate of drug-likeness (QED) is 0.730. The van der Waals surface area contributed by atoms with Gasteiger partial charge < -0.3 is 4.74 Å². The van der Waals surface area contributed by atoms with Crippen LogP contribution < -0.4 is 0 Å². The first-order valence-electron chi connectivity index (χ1n) is 4.17. The Kier molecular flexibility index (Phi) is 3.64. The summed E-state index contributed by atoms with van der Waals surface area (Å²) in [6, 6.07) is 3.97. The molecule has 15 heavy (non-hydrogen) atoms. The van der Waals surface area contributed by atoms with Crippen LogP contribution in [0.3, 0.4) is 0 Å². The maximum absolute atomic E-state index is 13.0. The van der Waals surface area contributed by atoms with Crippen LogP contribution in [0.15, 0.2) is 12.1 Å². The highest BCUT2D eigenvalue weighted by atomic mass is 35.5. The summed E-state index contributed by atoms with van der Waals surface area (Å²) in [7, 11) is 0. The van der Waals surface area contributed by atoms with Gasteiger partial charge in [-0.25, -0.2) is 9.18 Å². The van der Waals surface area contributed by atoms with Gasteiger partial charge in [0.2, 0.25) is 0 Å². The Bertz CT molecular complexity index is 440. The first kappa shape index (κ1) is 11.5. The Morgan fingerprint density at radius 1 is 1.67 bits per heavy atom. The summed E-state index contributed by atoms with van der Waals surface area (Å²) >= 11 is 5.58. The number of halogens is 2. The second-order valence-corrected chi connectivity index (χ2v) is 2.99. The number of benzene rings is 1. The van der Waals surface area contributed by atoms with Crippen molar-refractivity contribution < 1.29 is 13.9 Å². The Balaban J connectivity index is 3.31. The standard InChI is InChI=1S/C10H7ClFNO2/c1-2-15-10(14)8-6(5-13)3-4-7(12)9(8)11/h3-4H,2H2,1H3. The maximum Gasteiger partial charge on any atom is 0.341 e. The monoisotopic (exact) mass is 227 g/mol. The lowest BCUT2D eigenvalue weighted by Gasteiger charge is -2.06. The number of carbonyl (C=O) groups excluding carboxylic acids is 1. The topological polar surface area (TPSA) is 50.1 Å². The maximum atomic E-state index is 13.0. The predicted octanol–water partition coefficient (Wildman–Crippen LogP) is 2.53. The van der Waals surface area contributed by atoms with E-state index in [0.717, 1.165) is 6.07 Å². The molecule has 0 spiro atoms. The van der Waals surface area contributed by atoms with E-state index in [1.54, 1.807) is 13.0 Å². The Morgan fingerprint density at radius 2 is 2.33 bits per heavy atom. The van der Waals surface area contributed by atoms with Gasteiger partial charge in [-0.05, 0) is 19.1 Å². The average molecular weight is 228 g/mol. The zero-order chi connectivity index (χ0) is 11.4. The number of hydrogen-bond donors (Lipinski definition) is 0. The number of hydrogen-bond acceptors (Lipinski definition) is 3. The fourth-order valence-electron chi connectivity index (χ4n) is 1.05. The highest BCUT2D eigenvalue weighted by molar-refractivity contribution is 6.34. The molecule has 0 atom stereocenters. The largest absolute Gasteiger partial charge is 0.462 e. The molecule has 0 saturated heterocycles. The summed E-state index contributed by atoms with van der Waals surface area (Å²) in [5, 5.41) is 8.33. The van der Waals surface area contributed by atoms with Crippen LogP contribution >= 0.6 is 11.6 Å². The molecule has 0 aliphatic rings. The van der Waals surface area contributed by atoms with Crippen LogP contribution in [0.2, 0.25) is 5.02 Å². The van der Waals surface area contributed by atoms with E-state index >= 15 is 0 Å². The van der Waals surface area contributed by atoms with Gasteiger partial charge in [0, 0.05) is 0 Å². The second-order valence-electron chi connectivity index (χ2n) is 2.62. The third-order valence-electron chi connectivity index (χ3n) is 1.69. The first-order valence-corrected chi connectivity index (χ1v) is 4.54. The highest BCUT2D eigenvalue weighted by Gasteiger charge is 2.19. The molecule has 0 saturated carbocycles. The van der Waals surface area contributed by atoms with Crippen molar-refractivity contribution >= 4 is 17.6 Å². The van der Waals surface area contributed by atoms with Gasteiger partial charge in [-0.2, -0.15) is 5.26 Å². The lowest BCUT2D eigenvalue weighted by Crippen LogP contribution is -2.08. The number of rotatable bonds is 2. The van der Waals surface area contributed by atoms with Crippen molar-refractivity contribution in [2.75, 3.05) is 6.61 Å². The molecule has 0 bridgehead atoms. The normalized spacial score (nSPS) is 9.47. The van der Waals surface area contributed by atoms with Gasteiger partial charge >= 0.3 is 5.97 Å². The van der Waals surface area contributed by atoms with Crippen LogP contribution in [0.5, 0.6) is 0 Å². The molecule has 0 unspecified atom stereocenters. The van der Waals surface area contributed by atoms with Crippen molar-refractivity contribution in [1.29, 1.82) is 5.26 Å². The molecule has 3 nitrogen and oxygen atoms in total. The molecule has 5 heteroatoms. The lowest BCUT2D eigenvalue weighted by atomic mass is 10.1. The molecule has 0 aliphatic heterocycles. The smallest absolute Gasteiger partial charge is 0.341 e. The molecule has 0 fully saturated rings. The van der Waals surface area contributed by atoms with Gasteiger partial charge in [-0.3, -0.25) is 0 Å². The second kappa shape index (κ2) is 4.76. The van der Waals surface area contributed by atoms with Gasteiger partial charge in [0.15, 0.2) is 0 Å². The fraction of sp³-hybridized carbons (Fsp3) is 0.200. The van der Waals surface area contributed by atoms with Crippen LogP contribution in [0.1, 0.15) is 22.8 Å². The number of nitriles is 1. The van der Waals surface area contributed by atoms with Crippen LogP contribution in [-0.2, 0) is 4.74 Å². The van der Waals surface area contributed by atoms with E-state index in [0.29, 0.717) is 0 Å². The van der Waals surface area contributed by atoms with Crippen LogP contribution in [0.25, 0.3) is 0 Å². The molecule has 0 radical (unpaired) electrons. The van der Waals surface area contributed by atoms with Gasteiger partial charge in [-0.15, -0.1) is 0 Å². The molecule has 1 rings (SSSR count). The minimum atomic E-state index is -0.793. The van der Waals surface area contributed by atoms with Crippen molar-refractivity contribution in [3.05, 3.63) is 34.1 Å². The van der Waals surface area contributed by atoms with Crippen molar-refractivity contribution in [3.63, 3.8) is 0 Å². The molecule has 78 valence electrons. The molecule has 0 N–H and O–H groups in total. The number of ether oxygens (including phenoxy) is 1. The molecule has 1 aromatic rings. The Morgan fingerprint density at radius 3 is 2.87 bits per heavy atom. The molecule has 0 aromatic heterocycles. The predicted molar refractivity (Wildman–Crippen MR) is 52.1 cm³/mol. The minimum Gasteiger partial charge on any atom is -0.462 e. The van der Waals surface area contributed by atoms with Crippen molar-refractivity contribution in [3.8, 4) is 6.07 Å². The third-order valence-corrected chi connectivity index (χ3v) is 2.06. The highest BCUT2D eigenvalue weighted by Crippen LogP contribution is 2.24. The number of nitrogens with zero attached hydrogens (tertiary/aromatic N) is 1. The zero-order valence-electron chi connectivity index (χ0n) is 7.88. The molecule has 0 amide bonds. The average Bonchev–Trinajstić information content (AvgIpc) is 2.22. The van der Waals surface area contributed by atoms with Crippen molar-refractivity contribution in [1.82, 2.24) is 0 Å². The third kappa shape index (κ3) is 2.25. The van der Waals surface area contributed by atoms with Crippen LogP contribution in [-0.4, -0.2) is 12.6 Å². The molecule has 0 aliphatic carbocycles. The Hall–Kier alpha value is -1.60. The van der Waals surface area contributed by atoms with E-state index in [1.165, 1.54) is 6.07 Å². The first-order chi connectivity index (χ1) is 7.11. The van der Waals surface area contributed by atoms with Crippen LogP contribution in [0.4, 0.5) is 4.39 Å². The summed E-state index contributed by atoms with van der Waals surface area (Å²) < 4.78 is 17.7. The van der Waals surface area contributed by atoms with E-state index in [9.17, 15) is 9.18 Å². The number of esters is 1. The van der Waals surface area contributed by atoms with Crippen molar-refractivity contribution in [2.45, 2.75) is 6.92 Å². The van der Waals surface area contributed by atoms with Crippen molar-refractivity contribution in [2.24, 2.45) is 0 Å². The summed E-state index contributed by atoms with van der Waals surface area (Å²) in [4.78, 5) is 11.4. The van der Waals surface area contributed by atoms with E-state index < -0.39 is 11.8 Å². The van der Waals surface area contributed by atoms with Gasteiger partial charge in [0.25, 0.3) is 0 Å². The van der Waals surface area contributed by atoms with Gasteiger partial charge in [-0.1, -0.05) is 11.6 Å². The summed E-state index contributed by atoms with van der Waals surface area (Å²) in [6.07, 6.45) is 0. The van der Waals surface area contributed by atoms with E-state index in [-0.39, 0.29) is 22.8 Å². The molecular weight excluding hydrogens is 221 g/mol.